The predicted octanol–water partition coefficient (Wildman–Crippen LogP) is 1.94. The molecule has 0 bridgehead atoms. The molecule has 2 aromatic carbocycles. The third-order valence-electron chi connectivity index (χ3n) is 6.50. The Morgan fingerprint density at radius 3 is 1.06 bits per heavy atom. The van der Waals surface area contributed by atoms with E-state index in [1.807, 2.05) is 18.2 Å². The molecule has 5 fully saturated rings. The molecule has 2 aromatic rings. The number of rotatable bonds is 13. The van der Waals surface area contributed by atoms with E-state index in [1.165, 1.54) is 19.9 Å². The second-order valence-electron chi connectivity index (χ2n) is 11.1. The molecule has 0 spiro atoms. The van der Waals surface area contributed by atoms with Crippen molar-refractivity contribution >= 4 is 29.8 Å². The van der Waals surface area contributed by atoms with E-state index in [0.29, 0.717) is 56.3 Å². The molecule has 0 N–H and O–H groups in total. The molecule has 15 nitrogen and oxygen atoms in total. The molecule has 5 unspecified atom stereocenters. The van der Waals surface area contributed by atoms with Crippen LogP contribution in [0.2, 0.25) is 0 Å². The Morgan fingerprint density at radius 2 is 0.755 bits per heavy atom. The lowest BCUT2D eigenvalue weighted by Crippen LogP contribution is -2.13. The molecular formula is C34H40O15. The third kappa shape index (κ3) is 17.5. The predicted molar refractivity (Wildman–Crippen MR) is 166 cm³/mol. The van der Waals surface area contributed by atoms with Gasteiger partial charge in [-0.15, -0.1) is 0 Å². The summed E-state index contributed by atoms with van der Waals surface area (Å²) < 4.78 is 48.7. The van der Waals surface area contributed by atoms with Gasteiger partial charge in [0, 0.05) is 13.8 Å². The zero-order chi connectivity index (χ0) is 35.0. The van der Waals surface area contributed by atoms with Crippen LogP contribution in [0.3, 0.4) is 0 Å². The summed E-state index contributed by atoms with van der Waals surface area (Å²) >= 11 is 0. The molecule has 0 saturated carbocycles. The van der Waals surface area contributed by atoms with Crippen LogP contribution in [0.15, 0.2) is 54.6 Å². The number of epoxide rings is 5. The Balaban J connectivity index is 0.000000160. The maximum Gasteiger partial charge on any atom is 0.338 e. The molecule has 0 aliphatic carbocycles. The van der Waals surface area contributed by atoms with Crippen LogP contribution < -0.4 is 0 Å². The summed E-state index contributed by atoms with van der Waals surface area (Å²) in [5.74, 6) is -1.70. The van der Waals surface area contributed by atoms with E-state index in [1.54, 1.807) is 30.3 Å². The highest BCUT2D eigenvalue weighted by Crippen LogP contribution is 2.14. The number of ether oxygens (including phenoxy) is 10. The number of carbonyl (C=O) groups excluding carboxylic acids is 5. The zero-order valence-electron chi connectivity index (χ0n) is 27.3. The van der Waals surface area contributed by atoms with Crippen molar-refractivity contribution in [2.24, 2.45) is 0 Å². The lowest BCUT2D eigenvalue weighted by Gasteiger charge is -2.06. The first-order valence-corrected chi connectivity index (χ1v) is 15.7. The van der Waals surface area contributed by atoms with E-state index in [-0.39, 0.29) is 61.6 Å². The Hall–Kier alpha value is -4.41. The molecule has 0 radical (unpaired) electrons. The summed E-state index contributed by atoms with van der Waals surface area (Å²) in [5, 5.41) is 0. The van der Waals surface area contributed by atoms with Crippen LogP contribution in [0.1, 0.15) is 44.9 Å². The van der Waals surface area contributed by atoms with Crippen LogP contribution in [0.25, 0.3) is 0 Å². The van der Waals surface area contributed by atoms with Gasteiger partial charge < -0.3 is 47.4 Å². The van der Waals surface area contributed by atoms with Crippen molar-refractivity contribution in [1.29, 1.82) is 0 Å². The molecule has 0 amide bonds. The van der Waals surface area contributed by atoms with Crippen molar-refractivity contribution in [1.82, 2.24) is 0 Å². The van der Waals surface area contributed by atoms with E-state index in [9.17, 15) is 24.0 Å². The average Bonchev–Trinajstić information content (AvgIpc) is 3.93. The van der Waals surface area contributed by atoms with E-state index in [0.717, 1.165) is 13.2 Å². The van der Waals surface area contributed by atoms with Crippen molar-refractivity contribution in [3.63, 3.8) is 0 Å². The Labute approximate surface area is 282 Å². The van der Waals surface area contributed by atoms with Gasteiger partial charge in [-0.05, 0) is 30.3 Å². The number of esters is 5. The lowest BCUT2D eigenvalue weighted by molar-refractivity contribution is -0.142. The van der Waals surface area contributed by atoms with Gasteiger partial charge in [-0.1, -0.05) is 24.3 Å². The summed E-state index contributed by atoms with van der Waals surface area (Å²) in [6.45, 7) is 7.94. The first-order valence-electron chi connectivity index (χ1n) is 15.7. The monoisotopic (exact) mass is 688 g/mol. The molecule has 15 heteroatoms. The maximum atomic E-state index is 11.8. The summed E-state index contributed by atoms with van der Waals surface area (Å²) in [7, 11) is 0. The molecule has 5 saturated heterocycles. The zero-order valence-corrected chi connectivity index (χ0v) is 27.3. The summed E-state index contributed by atoms with van der Waals surface area (Å²) in [6, 6.07) is 15.2. The minimum atomic E-state index is -0.472. The fourth-order valence-corrected chi connectivity index (χ4v) is 3.35. The Kier molecular flexibility index (Phi) is 14.9. The maximum absolute atomic E-state index is 11.8. The van der Waals surface area contributed by atoms with Gasteiger partial charge in [0.1, 0.15) is 63.6 Å². The SMILES string of the molecule is CC(=O)OCC1CO1.CC(=O)OCC1CO1.O=C(OCC1CO1)c1cccc(C(=O)OCC2CO2)c1.O=C(OCC1CO1)c1ccccc1. The van der Waals surface area contributed by atoms with Crippen LogP contribution in [0, 0.1) is 0 Å². The Morgan fingerprint density at radius 1 is 0.469 bits per heavy atom. The molecule has 0 aromatic heterocycles. The van der Waals surface area contributed by atoms with Crippen LogP contribution >= 0.6 is 0 Å². The van der Waals surface area contributed by atoms with E-state index < -0.39 is 11.9 Å². The van der Waals surface area contributed by atoms with Crippen LogP contribution in [-0.2, 0) is 57.0 Å². The quantitative estimate of drug-likeness (QED) is 0.168. The smallest absolute Gasteiger partial charge is 0.338 e. The van der Waals surface area contributed by atoms with Crippen LogP contribution in [0.5, 0.6) is 0 Å². The molecule has 7 rings (SSSR count). The standard InChI is InChI=1S/C14H14O6.C10H10O3.2C5H8O3/c15-13(19-7-11-5-17-11)9-2-1-3-10(4-9)14(16)20-8-12-6-18-12;11-10(13-7-9-6-12-9)8-4-2-1-3-5-8;2*1-4(6)7-2-5-3-8-5/h1-4,11-12H,5-8H2;1-5,9H,6-7H2;2*5H,2-3H2,1H3. The fourth-order valence-electron chi connectivity index (χ4n) is 3.35. The second-order valence-corrected chi connectivity index (χ2v) is 11.1. The number of carbonyl (C=O) groups is 5. The third-order valence-corrected chi connectivity index (χ3v) is 6.50. The highest BCUT2D eigenvalue weighted by atomic mass is 16.6. The van der Waals surface area contributed by atoms with Crippen molar-refractivity contribution in [2.45, 2.75) is 44.4 Å². The largest absolute Gasteiger partial charge is 0.463 e. The van der Waals surface area contributed by atoms with Crippen molar-refractivity contribution in [3.8, 4) is 0 Å². The van der Waals surface area contributed by atoms with Gasteiger partial charge in [-0.25, -0.2) is 14.4 Å². The molecular weight excluding hydrogens is 648 g/mol. The minimum absolute atomic E-state index is 0.0191. The highest BCUT2D eigenvalue weighted by molar-refractivity contribution is 5.95. The molecule has 49 heavy (non-hydrogen) atoms. The number of hydrogen-bond acceptors (Lipinski definition) is 15. The number of hydrogen-bond donors (Lipinski definition) is 0. The van der Waals surface area contributed by atoms with E-state index in [2.05, 4.69) is 9.47 Å². The van der Waals surface area contributed by atoms with Crippen LogP contribution in [0.4, 0.5) is 0 Å². The number of benzene rings is 2. The van der Waals surface area contributed by atoms with Gasteiger partial charge in [0.05, 0.1) is 49.7 Å². The molecule has 5 aliphatic rings. The van der Waals surface area contributed by atoms with E-state index >= 15 is 0 Å². The summed E-state index contributed by atoms with van der Waals surface area (Å²) in [4.78, 5) is 55.1. The van der Waals surface area contributed by atoms with Crippen molar-refractivity contribution < 1.29 is 71.3 Å². The highest BCUT2D eigenvalue weighted by Gasteiger charge is 2.27. The normalized spacial score (nSPS) is 22.7. The molecule has 5 atom stereocenters. The fraction of sp³-hybridized carbons (Fsp3) is 0.500. The van der Waals surface area contributed by atoms with E-state index in [4.69, 9.17) is 37.9 Å². The van der Waals surface area contributed by atoms with Gasteiger partial charge in [0.2, 0.25) is 0 Å². The Bertz CT molecular complexity index is 1310. The lowest BCUT2D eigenvalue weighted by atomic mass is 10.1. The van der Waals surface area contributed by atoms with Gasteiger partial charge in [-0.3, -0.25) is 9.59 Å². The topological polar surface area (TPSA) is 194 Å². The molecule has 5 heterocycles. The van der Waals surface area contributed by atoms with Gasteiger partial charge in [0.25, 0.3) is 0 Å². The summed E-state index contributed by atoms with van der Waals surface area (Å²) in [6.07, 6.45) is 0.557. The average molecular weight is 689 g/mol. The second kappa shape index (κ2) is 19.6. The van der Waals surface area contributed by atoms with Gasteiger partial charge >= 0.3 is 29.8 Å². The van der Waals surface area contributed by atoms with Crippen LogP contribution in [-0.4, -0.2) is 126 Å². The first-order chi connectivity index (χ1) is 23.7. The molecule has 266 valence electrons. The van der Waals surface area contributed by atoms with Gasteiger partial charge in [0.15, 0.2) is 0 Å². The van der Waals surface area contributed by atoms with Crippen molar-refractivity contribution in [3.05, 3.63) is 71.3 Å². The molecule has 5 aliphatic heterocycles. The van der Waals surface area contributed by atoms with Gasteiger partial charge in [-0.2, -0.15) is 0 Å². The van der Waals surface area contributed by atoms with Crippen molar-refractivity contribution in [2.75, 3.05) is 66.1 Å². The summed E-state index contributed by atoms with van der Waals surface area (Å²) in [5.41, 5.74) is 1.23. The first kappa shape index (κ1) is 37.4. The minimum Gasteiger partial charge on any atom is -0.463 e.